The molecule has 1 amide bonds. The summed E-state index contributed by atoms with van der Waals surface area (Å²) in [7, 11) is 0. The smallest absolute Gasteiger partial charge is 0.257 e. The molecular formula is C24H32N4O2S2. The molecule has 0 saturated carbocycles. The summed E-state index contributed by atoms with van der Waals surface area (Å²) < 4.78 is 5.90. The average Bonchev–Trinajstić information content (AvgIpc) is 3.53. The lowest BCUT2D eigenvalue weighted by atomic mass is 10.1. The zero-order chi connectivity index (χ0) is 22.1. The molecule has 2 fully saturated rings. The number of carbonyl (C=O) groups is 1. The second-order valence-corrected chi connectivity index (χ2v) is 11.2. The molecule has 0 aliphatic carbocycles. The van der Waals surface area contributed by atoms with Gasteiger partial charge in [-0.1, -0.05) is 12.1 Å². The molecule has 2 aromatic rings. The highest BCUT2D eigenvalue weighted by atomic mass is 32.1. The highest BCUT2D eigenvalue weighted by Gasteiger charge is 2.37. The van der Waals surface area contributed by atoms with E-state index in [1.54, 1.807) is 27.7 Å². The number of hydrazone groups is 1. The van der Waals surface area contributed by atoms with Gasteiger partial charge in [0.15, 0.2) is 0 Å². The number of rotatable bonds is 6. The number of likely N-dealkylation sites (tertiary alicyclic amines) is 1. The Bertz CT molecular complexity index is 920. The van der Waals surface area contributed by atoms with Crippen LogP contribution in [0.1, 0.15) is 48.9 Å². The fourth-order valence-electron chi connectivity index (χ4n) is 5.32. The largest absolute Gasteiger partial charge is 0.373 e. The molecule has 6 nitrogen and oxygen atoms in total. The molecule has 172 valence electrons. The van der Waals surface area contributed by atoms with Crippen molar-refractivity contribution >= 4 is 34.3 Å². The van der Waals surface area contributed by atoms with E-state index in [4.69, 9.17) is 9.84 Å². The van der Waals surface area contributed by atoms with E-state index in [-0.39, 0.29) is 24.2 Å². The predicted molar refractivity (Wildman–Crippen MR) is 130 cm³/mol. The van der Waals surface area contributed by atoms with E-state index >= 15 is 0 Å². The van der Waals surface area contributed by atoms with Gasteiger partial charge in [0.1, 0.15) is 0 Å². The molecule has 0 spiro atoms. The van der Waals surface area contributed by atoms with Crippen LogP contribution < -0.4 is 0 Å². The summed E-state index contributed by atoms with van der Waals surface area (Å²) in [6, 6.07) is 8.79. The fraction of sp³-hybridized carbons (Fsp3) is 0.583. The molecule has 0 radical (unpaired) electrons. The summed E-state index contributed by atoms with van der Waals surface area (Å²) in [5.74, 6) is 0.116. The van der Waals surface area contributed by atoms with Crippen molar-refractivity contribution in [2.45, 2.75) is 57.4 Å². The van der Waals surface area contributed by atoms with Crippen molar-refractivity contribution < 1.29 is 9.53 Å². The number of carbonyl (C=O) groups excluding carboxylic acids is 1. The zero-order valence-corrected chi connectivity index (χ0v) is 20.5. The standard InChI is InChI=1S/C24H32N4O2S2/c1-17-13-26(14-18(2)30-17)15-19-6-3-9-27(19)16-24(29)28-21(23-8-5-11-32-23)12-20(25-28)22-7-4-10-31-22/h4-5,7-8,10-11,17-19,21H,3,6,9,12-16H2,1-2H3. The van der Waals surface area contributed by atoms with Crippen LogP contribution in [-0.2, 0) is 9.53 Å². The van der Waals surface area contributed by atoms with E-state index in [1.807, 2.05) is 0 Å². The molecule has 8 heteroatoms. The van der Waals surface area contributed by atoms with E-state index in [0.29, 0.717) is 12.6 Å². The number of morpholine rings is 1. The molecule has 3 aliphatic heterocycles. The Morgan fingerprint density at radius 1 is 1.16 bits per heavy atom. The van der Waals surface area contributed by atoms with E-state index < -0.39 is 0 Å². The van der Waals surface area contributed by atoms with Crippen LogP contribution in [0.5, 0.6) is 0 Å². The number of thiophene rings is 2. The molecule has 5 rings (SSSR count). The average molecular weight is 473 g/mol. The Labute approximate surface area is 198 Å². The van der Waals surface area contributed by atoms with Crippen molar-refractivity contribution in [3.05, 3.63) is 44.8 Å². The minimum absolute atomic E-state index is 0.0154. The molecule has 0 bridgehead atoms. The van der Waals surface area contributed by atoms with Gasteiger partial charge in [0.05, 0.1) is 35.4 Å². The Morgan fingerprint density at radius 3 is 2.66 bits per heavy atom. The third-order valence-electron chi connectivity index (χ3n) is 6.64. The highest BCUT2D eigenvalue weighted by Crippen LogP contribution is 2.36. The Morgan fingerprint density at radius 2 is 1.94 bits per heavy atom. The lowest BCUT2D eigenvalue weighted by Crippen LogP contribution is -2.51. The first-order valence-corrected chi connectivity index (χ1v) is 13.4. The van der Waals surface area contributed by atoms with Gasteiger partial charge >= 0.3 is 0 Å². The second-order valence-electron chi connectivity index (χ2n) is 9.24. The van der Waals surface area contributed by atoms with E-state index in [0.717, 1.165) is 56.0 Å². The number of hydrogen-bond donors (Lipinski definition) is 0. The molecule has 3 aliphatic rings. The molecule has 0 N–H and O–H groups in total. The van der Waals surface area contributed by atoms with Crippen LogP contribution >= 0.6 is 22.7 Å². The predicted octanol–water partition coefficient (Wildman–Crippen LogP) is 4.06. The van der Waals surface area contributed by atoms with Gasteiger partial charge in [-0.05, 0) is 56.1 Å². The van der Waals surface area contributed by atoms with E-state index in [1.165, 1.54) is 4.88 Å². The van der Waals surface area contributed by atoms with Crippen LogP contribution in [0.4, 0.5) is 0 Å². The van der Waals surface area contributed by atoms with Crippen molar-refractivity contribution in [2.24, 2.45) is 5.10 Å². The summed E-state index contributed by atoms with van der Waals surface area (Å²) in [5.41, 5.74) is 1.03. The molecular weight excluding hydrogens is 440 g/mol. The van der Waals surface area contributed by atoms with Gasteiger partial charge in [0.2, 0.25) is 0 Å². The molecule has 5 heterocycles. The first-order chi connectivity index (χ1) is 15.6. The summed E-state index contributed by atoms with van der Waals surface area (Å²) in [6.45, 7) is 8.71. The van der Waals surface area contributed by atoms with Crippen LogP contribution in [0.15, 0.2) is 40.1 Å². The number of nitrogens with zero attached hydrogens (tertiary/aromatic N) is 4. The normalized spacial score (nSPS) is 29.6. The third kappa shape index (κ3) is 4.84. The van der Waals surface area contributed by atoms with Gasteiger partial charge in [0.25, 0.3) is 5.91 Å². The van der Waals surface area contributed by atoms with Gasteiger partial charge in [-0.2, -0.15) is 5.10 Å². The summed E-state index contributed by atoms with van der Waals surface area (Å²) in [5, 5.41) is 10.8. The van der Waals surface area contributed by atoms with Gasteiger partial charge in [0, 0.05) is 37.0 Å². The Kier molecular flexibility index (Phi) is 6.76. The number of hydrogen-bond acceptors (Lipinski definition) is 7. The first kappa shape index (κ1) is 22.2. The quantitative estimate of drug-likeness (QED) is 0.636. The van der Waals surface area contributed by atoms with Gasteiger partial charge in [-0.15, -0.1) is 22.7 Å². The minimum atomic E-state index is 0.0154. The lowest BCUT2D eigenvalue weighted by Gasteiger charge is -2.38. The van der Waals surface area contributed by atoms with E-state index in [9.17, 15) is 4.79 Å². The zero-order valence-electron chi connectivity index (χ0n) is 18.9. The van der Waals surface area contributed by atoms with Crippen LogP contribution in [-0.4, -0.2) is 77.4 Å². The van der Waals surface area contributed by atoms with Crippen LogP contribution in [0.3, 0.4) is 0 Å². The summed E-state index contributed by atoms with van der Waals surface area (Å²) in [6.07, 6.45) is 3.66. The van der Waals surface area contributed by atoms with Crippen LogP contribution in [0.2, 0.25) is 0 Å². The maximum atomic E-state index is 13.5. The SMILES string of the molecule is CC1CN(CC2CCCN2CC(=O)N2N=C(c3cccs3)CC2c2cccs2)CC(C)O1. The maximum absolute atomic E-state index is 13.5. The molecule has 0 aromatic carbocycles. The number of ether oxygens (including phenoxy) is 1. The minimum Gasteiger partial charge on any atom is -0.373 e. The van der Waals surface area contributed by atoms with Gasteiger partial charge in [-0.3, -0.25) is 14.6 Å². The van der Waals surface area contributed by atoms with Crippen molar-refractivity contribution in [2.75, 3.05) is 32.7 Å². The van der Waals surface area contributed by atoms with Crippen LogP contribution in [0, 0.1) is 0 Å². The summed E-state index contributed by atoms with van der Waals surface area (Å²) >= 11 is 3.41. The topological polar surface area (TPSA) is 48.4 Å². The van der Waals surface area contributed by atoms with E-state index in [2.05, 4.69) is 58.7 Å². The van der Waals surface area contributed by atoms with Gasteiger partial charge in [-0.25, -0.2) is 5.01 Å². The van der Waals surface area contributed by atoms with Crippen molar-refractivity contribution in [3.8, 4) is 0 Å². The van der Waals surface area contributed by atoms with Crippen molar-refractivity contribution in [1.29, 1.82) is 0 Å². The van der Waals surface area contributed by atoms with Gasteiger partial charge < -0.3 is 4.74 Å². The molecule has 4 atom stereocenters. The van der Waals surface area contributed by atoms with Crippen molar-refractivity contribution in [1.82, 2.24) is 14.8 Å². The molecule has 2 saturated heterocycles. The lowest BCUT2D eigenvalue weighted by molar-refractivity contribution is -0.134. The molecule has 2 aromatic heterocycles. The second kappa shape index (κ2) is 9.73. The third-order valence-corrected chi connectivity index (χ3v) is 8.54. The Balaban J connectivity index is 1.28. The first-order valence-electron chi connectivity index (χ1n) is 11.7. The molecule has 4 unspecified atom stereocenters. The molecule has 32 heavy (non-hydrogen) atoms. The monoisotopic (exact) mass is 472 g/mol. The number of amides is 1. The highest BCUT2D eigenvalue weighted by molar-refractivity contribution is 7.12. The maximum Gasteiger partial charge on any atom is 0.257 e. The fourth-order valence-corrected chi connectivity index (χ4v) is 6.85. The van der Waals surface area contributed by atoms with Crippen LogP contribution in [0.25, 0.3) is 0 Å². The van der Waals surface area contributed by atoms with Crippen molar-refractivity contribution in [3.63, 3.8) is 0 Å². The summed E-state index contributed by atoms with van der Waals surface area (Å²) in [4.78, 5) is 20.8. The Hall–Kier alpha value is -1.58.